The number of nitrogens with one attached hydrogen (secondary N) is 4. The summed E-state index contributed by atoms with van der Waals surface area (Å²) in [4.78, 5) is 13.3. The van der Waals surface area contributed by atoms with Crippen molar-refractivity contribution in [3.05, 3.63) is 59.7 Å². The number of anilines is 2. The minimum Gasteiger partial charge on any atom is -0.466 e. The first-order valence-corrected chi connectivity index (χ1v) is 17.2. The number of carbonyl (C=O) groups excluding carboxylic acids is 1. The average molecular weight is 623 g/mol. The van der Waals surface area contributed by atoms with Crippen LogP contribution in [0.5, 0.6) is 0 Å². The Kier molecular flexibility index (Phi) is 12.6. The summed E-state index contributed by atoms with van der Waals surface area (Å²) in [7, 11) is 0. The summed E-state index contributed by atoms with van der Waals surface area (Å²) in [5.41, 5.74) is 4.26. The molecule has 4 rings (SSSR count). The summed E-state index contributed by atoms with van der Waals surface area (Å²) in [5, 5.41) is 15.1. The van der Waals surface area contributed by atoms with Crippen molar-refractivity contribution in [3.8, 4) is 0 Å². The second kappa shape index (κ2) is 16.4. The maximum Gasteiger partial charge on any atom is 0.312 e. The van der Waals surface area contributed by atoms with E-state index in [1.165, 1.54) is 36.8 Å². The molecule has 0 saturated heterocycles. The number of carbonyl (C=O) groups is 1. The number of hydrogen-bond donors (Lipinski definition) is 4. The zero-order chi connectivity index (χ0) is 30.7. The number of thiocarbonyl (C=S) groups is 2. The summed E-state index contributed by atoms with van der Waals surface area (Å²) >= 11 is 11.4. The number of unbranched alkanes of at least 4 members (excludes halogenated alkanes) is 2. The Morgan fingerprint density at radius 1 is 0.767 bits per heavy atom. The van der Waals surface area contributed by atoms with Crippen LogP contribution in [0.15, 0.2) is 48.5 Å². The fourth-order valence-corrected chi connectivity index (χ4v) is 7.32. The van der Waals surface area contributed by atoms with Crippen molar-refractivity contribution in [2.24, 2.45) is 11.3 Å². The van der Waals surface area contributed by atoms with Gasteiger partial charge >= 0.3 is 5.97 Å². The molecule has 0 spiro atoms. The summed E-state index contributed by atoms with van der Waals surface area (Å²) in [6, 6.07) is 17.5. The molecule has 2 saturated carbocycles. The highest BCUT2D eigenvalue weighted by atomic mass is 32.1. The van der Waals surface area contributed by atoms with Crippen LogP contribution in [0.4, 0.5) is 11.4 Å². The molecule has 6 nitrogen and oxygen atoms in total. The molecule has 0 heterocycles. The van der Waals surface area contributed by atoms with Gasteiger partial charge in [-0.1, -0.05) is 51.0 Å². The number of aryl methyl sites for hydroxylation is 2. The normalized spacial score (nSPS) is 23.0. The minimum atomic E-state index is -0.431. The third-order valence-corrected chi connectivity index (χ3v) is 9.65. The number of benzene rings is 2. The van der Waals surface area contributed by atoms with Crippen LogP contribution >= 0.6 is 24.4 Å². The lowest BCUT2D eigenvalue weighted by atomic mass is 9.57. The quantitative estimate of drug-likeness (QED) is 0.141. The smallest absolute Gasteiger partial charge is 0.312 e. The third kappa shape index (κ3) is 9.39. The van der Waals surface area contributed by atoms with Gasteiger partial charge in [-0.25, -0.2) is 0 Å². The van der Waals surface area contributed by atoms with E-state index in [0.29, 0.717) is 16.8 Å². The number of fused-ring (bicyclic) bond motifs is 1. The van der Waals surface area contributed by atoms with Crippen LogP contribution in [0, 0.1) is 11.3 Å². The Hall–Kier alpha value is -2.71. The van der Waals surface area contributed by atoms with Crippen LogP contribution in [0.2, 0.25) is 0 Å². The van der Waals surface area contributed by atoms with Gasteiger partial charge in [0.05, 0.1) is 12.0 Å². The van der Waals surface area contributed by atoms with Gasteiger partial charge in [-0.2, -0.15) is 0 Å². The van der Waals surface area contributed by atoms with Gasteiger partial charge in [0.2, 0.25) is 0 Å². The van der Waals surface area contributed by atoms with Gasteiger partial charge in [-0.15, -0.1) is 0 Å². The first kappa shape index (κ1) is 33.2. The maximum atomic E-state index is 13.3. The molecule has 4 N–H and O–H groups in total. The van der Waals surface area contributed by atoms with E-state index in [-0.39, 0.29) is 24.0 Å². The van der Waals surface area contributed by atoms with Gasteiger partial charge in [0.25, 0.3) is 0 Å². The van der Waals surface area contributed by atoms with E-state index in [9.17, 15) is 4.79 Å². The fraction of sp³-hybridized carbons (Fsp3) is 0.571. The number of hydrogen-bond acceptors (Lipinski definition) is 4. The monoisotopic (exact) mass is 622 g/mol. The Morgan fingerprint density at radius 3 is 1.60 bits per heavy atom. The van der Waals surface area contributed by atoms with Gasteiger partial charge in [-0.05, 0) is 137 Å². The highest BCUT2D eigenvalue weighted by Gasteiger charge is 2.53. The summed E-state index contributed by atoms with van der Waals surface area (Å²) in [6.07, 6.45) is 12.1. The molecule has 2 fully saturated rings. The topological polar surface area (TPSA) is 74.4 Å². The van der Waals surface area contributed by atoms with Gasteiger partial charge in [0.15, 0.2) is 10.2 Å². The van der Waals surface area contributed by atoms with Crippen molar-refractivity contribution in [3.63, 3.8) is 0 Å². The Labute approximate surface area is 269 Å². The first-order chi connectivity index (χ1) is 20.8. The van der Waals surface area contributed by atoms with Crippen LogP contribution in [0.3, 0.4) is 0 Å². The third-order valence-electron chi connectivity index (χ3n) is 9.21. The first-order valence-electron chi connectivity index (χ1n) is 16.3. The van der Waals surface area contributed by atoms with E-state index >= 15 is 0 Å². The van der Waals surface area contributed by atoms with Crippen molar-refractivity contribution in [2.75, 3.05) is 17.2 Å². The molecule has 4 atom stereocenters. The van der Waals surface area contributed by atoms with Gasteiger partial charge in [0, 0.05) is 23.5 Å². The Balaban J connectivity index is 1.33. The summed E-state index contributed by atoms with van der Waals surface area (Å²) in [5.74, 6) is 0.148. The second-order valence-corrected chi connectivity index (χ2v) is 13.1. The molecular weight excluding hydrogens is 573 g/mol. The van der Waals surface area contributed by atoms with E-state index < -0.39 is 5.41 Å². The maximum absolute atomic E-state index is 13.3. The molecule has 2 aromatic rings. The highest BCUT2D eigenvalue weighted by molar-refractivity contribution is 7.80. The van der Waals surface area contributed by atoms with Gasteiger partial charge < -0.3 is 26.0 Å². The van der Waals surface area contributed by atoms with E-state index in [1.54, 1.807) is 0 Å². The number of esters is 1. The average Bonchev–Trinajstić information content (AvgIpc) is 3.00. The molecule has 8 heteroatoms. The fourth-order valence-electron chi connectivity index (χ4n) is 6.75. The van der Waals surface area contributed by atoms with Crippen molar-refractivity contribution in [2.45, 2.75) is 110 Å². The molecule has 43 heavy (non-hydrogen) atoms. The zero-order valence-corrected chi connectivity index (χ0v) is 27.8. The number of rotatable bonds is 12. The molecule has 0 aromatic heterocycles. The lowest BCUT2D eigenvalue weighted by molar-refractivity contribution is -0.165. The number of ether oxygens (including phenoxy) is 1. The van der Waals surface area contributed by atoms with E-state index in [4.69, 9.17) is 29.2 Å². The predicted octanol–water partition coefficient (Wildman–Crippen LogP) is 7.92. The lowest BCUT2D eigenvalue weighted by Crippen LogP contribution is -2.55. The Morgan fingerprint density at radius 2 is 1.21 bits per heavy atom. The van der Waals surface area contributed by atoms with Crippen molar-refractivity contribution >= 4 is 52.0 Å². The molecule has 2 unspecified atom stereocenters. The van der Waals surface area contributed by atoms with Crippen molar-refractivity contribution in [1.82, 2.24) is 10.6 Å². The van der Waals surface area contributed by atoms with E-state index in [1.807, 2.05) is 6.92 Å². The Bertz CT molecular complexity index is 1120. The molecule has 2 aliphatic rings. The molecular formula is C35H50N4O2S2. The summed E-state index contributed by atoms with van der Waals surface area (Å²) < 4.78 is 5.64. The van der Waals surface area contributed by atoms with Crippen LogP contribution < -0.4 is 21.3 Å². The molecule has 0 radical (unpaired) electrons. The standard InChI is InChI=1S/C35H50N4O2S2/c1-4-7-9-25-11-15-28(16-12-25)36-33(42)38-30-19-21-35(32(40)41-6-3)22-20-31(24-27(35)23-30)39-34(43)37-29-17-13-26(14-18-29)10-8-5-2/h11-18,27,30-31H,4-10,19-24H2,1-3H3,(H2,36,38,42)(H2,37,39,43)/t27?,30-,31+,35?. The molecule has 0 bridgehead atoms. The molecule has 0 aliphatic heterocycles. The van der Waals surface area contributed by atoms with Crippen LogP contribution in [-0.2, 0) is 22.4 Å². The van der Waals surface area contributed by atoms with Crippen molar-refractivity contribution in [1.29, 1.82) is 0 Å². The largest absolute Gasteiger partial charge is 0.466 e. The van der Waals surface area contributed by atoms with E-state index in [0.717, 1.165) is 62.7 Å². The van der Waals surface area contributed by atoms with E-state index in [2.05, 4.69) is 83.6 Å². The van der Waals surface area contributed by atoms with Gasteiger partial charge in [0.1, 0.15) is 0 Å². The molecule has 2 aromatic carbocycles. The molecule has 0 amide bonds. The second-order valence-electron chi connectivity index (χ2n) is 12.3. The SMILES string of the molecule is CCCCc1ccc(NC(=S)N[C@@H]2CCC3(C(=O)OCC)CC[C@H](NC(=S)Nc4ccc(CCCC)cc4)CC3C2)cc1. The van der Waals surface area contributed by atoms with Crippen LogP contribution in [-0.4, -0.2) is 34.9 Å². The highest BCUT2D eigenvalue weighted by Crippen LogP contribution is 2.51. The van der Waals surface area contributed by atoms with Gasteiger partial charge in [-0.3, -0.25) is 4.79 Å². The summed E-state index contributed by atoms with van der Waals surface area (Å²) in [6.45, 7) is 6.73. The molecule has 2 aliphatic carbocycles. The zero-order valence-electron chi connectivity index (χ0n) is 26.2. The van der Waals surface area contributed by atoms with Crippen LogP contribution in [0.25, 0.3) is 0 Å². The minimum absolute atomic E-state index is 0.0374. The van der Waals surface area contributed by atoms with Crippen LogP contribution in [0.1, 0.15) is 96.1 Å². The van der Waals surface area contributed by atoms with Crippen molar-refractivity contribution < 1.29 is 9.53 Å². The predicted molar refractivity (Wildman–Crippen MR) is 187 cm³/mol. The molecule has 234 valence electrons. The lowest BCUT2D eigenvalue weighted by Gasteiger charge is -2.49.